The molecule has 0 aromatic heterocycles. The molecule has 1 aliphatic heterocycles. The number of halogens is 1. The van der Waals surface area contributed by atoms with Crippen molar-refractivity contribution in [2.75, 3.05) is 6.61 Å². The average Bonchev–Trinajstić information content (AvgIpc) is 2.32. The molecule has 1 saturated heterocycles. The molecule has 0 amide bonds. The number of aliphatic hydroxyl groups is 1. The highest BCUT2D eigenvalue weighted by Gasteiger charge is 2.25. The van der Waals surface area contributed by atoms with Crippen LogP contribution >= 0.6 is 0 Å². The Balaban J connectivity index is 2.18. The van der Waals surface area contributed by atoms with E-state index in [2.05, 4.69) is 0 Å². The highest BCUT2D eigenvalue weighted by atomic mass is 19.1. The lowest BCUT2D eigenvalue weighted by atomic mass is 9.95. The van der Waals surface area contributed by atoms with Crippen molar-refractivity contribution in [3.8, 4) is 0 Å². The monoisotopic (exact) mass is 224 g/mol. The van der Waals surface area contributed by atoms with Gasteiger partial charge in [-0.2, -0.15) is 0 Å². The van der Waals surface area contributed by atoms with Crippen LogP contribution in [0.4, 0.5) is 4.39 Å². The predicted molar refractivity (Wildman–Crippen MR) is 59.7 cm³/mol. The topological polar surface area (TPSA) is 29.5 Å². The normalized spacial score (nSPS) is 23.1. The van der Waals surface area contributed by atoms with E-state index < -0.39 is 6.10 Å². The van der Waals surface area contributed by atoms with E-state index in [0.29, 0.717) is 12.2 Å². The van der Waals surface area contributed by atoms with Crippen LogP contribution in [0.3, 0.4) is 0 Å². The molecule has 1 heterocycles. The maximum atomic E-state index is 13.1. The van der Waals surface area contributed by atoms with E-state index in [4.69, 9.17) is 4.74 Å². The summed E-state index contributed by atoms with van der Waals surface area (Å²) in [5, 5.41) is 10.2. The number of hydrogen-bond donors (Lipinski definition) is 1. The van der Waals surface area contributed by atoms with Gasteiger partial charge in [0.25, 0.3) is 0 Å². The molecular formula is C13H17FO2. The SMILES string of the molecule is Cc1ccc(F)cc1C(O)C1CCCCO1. The van der Waals surface area contributed by atoms with Gasteiger partial charge < -0.3 is 9.84 Å². The third-order valence-corrected chi connectivity index (χ3v) is 3.13. The van der Waals surface area contributed by atoms with E-state index in [1.54, 1.807) is 6.07 Å². The van der Waals surface area contributed by atoms with E-state index in [1.807, 2.05) is 6.92 Å². The second kappa shape index (κ2) is 4.93. The molecule has 2 rings (SSSR count). The third-order valence-electron chi connectivity index (χ3n) is 3.13. The van der Waals surface area contributed by atoms with Crippen LogP contribution in [-0.4, -0.2) is 17.8 Å². The van der Waals surface area contributed by atoms with E-state index in [9.17, 15) is 9.50 Å². The molecule has 1 aliphatic rings. The molecule has 0 aliphatic carbocycles. The molecule has 16 heavy (non-hydrogen) atoms. The fourth-order valence-corrected chi connectivity index (χ4v) is 2.14. The second-order valence-corrected chi connectivity index (χ2v) is 4.35. The summed E-state index contributed by atoms with van der Waals surface area (Å²) in [6.07, 6.45) is 2.06. The summed E-state index contributed by atoms with van der Waals surface area (Å²) in [4.78, 5) is 0. The predicted octanol–water partition coefficient (Wildman–Crippen LogP) is 2.74. The van der Waals surface area contributed by atoms with Crippen molar-refractivity contribution in [1.82, 2.24) is 0 Å². The Morgan fingerprint density at radius 2 is 2.25 bits per heavy atom. The van der Waals surface area contributed by atoms with Crippen LogP contribution in [0.5, 0.6) is 0 Å². The van der Waals surface area contributed by atoms with Gasteiger partial charge in [-0.3, -0.25) is 0 Å². The highest BCUT2D eigenvalue weighted by molar-refractivity contribution is 5.29. The largest absolute Gasteiger partial charge is 0.386 e. The summed E-state index contributed by atoms with van der Waals surface area (Å²) in [6, 6.07) is 4.50. The van der Waals surface area contributed by atoms with Gasteiger partial charge in [-0.25, -0.2) is 4.39 Å². The van der Waals surface area contributed by atoms with Gasteiger partial charge in [0.1, 0.15) is 11.9 Å². The van der Waals surface area contributed by atoms with Crippen LogP contribution < -0.4 is 0 Å². The molecule has 1 aromatic carbocycles. The lowest BCUT2D eigenvalue weighted by Gasteiger charge is -2.28. The lowest BCUT2D eigenvalue weighted by Crippen LogP contribution is -2.26. The number of hydrogen-bond acceptors (Lipinski definition) is 2. The Hall–Kier alpha value is -0.930. The first-order valence-corrected chi connectivity index (χ1v) is 5.74. The fourth-order valence-electron chi connectivity index (χ4n) is 2.14. The number of rotatable bonds is 2. The van der Waals surface area contributed by atoms with Gasteiger partial charge in [-0.05, 0) is 49.4 Å². The second-order valence-electron chi connectivity index (χ2n) is 4.35. The van der Waals surface area contributed by atoms with Gasteiger partial charge in [0.2, 0.25) is 0 Å². The summed E-state index contributed by atoms with van der Waals surface area (Å²) in [6.45, 7) is 2.57. The molecule has 1 N–H and O–H groups in total. The summed E-state index contributed by atoms with van der Waals surface area (Å²) in [5.74, 6) is -0.310. The first-order chi connectivity index (χ1) is 7.68. The van der Waals surface area contributed by atoms with Crippen LogP contribution in [0, 0.1) is 12.7 Å². The minimum absolute atomic E-state index is 0.186. The van der Waals surface area contributed by atoms with Crippen molar-refractivity contribution in [2.45, 2.75) is 38.4 Å². The van der Waals surface area contributed by atoms with E-state index in [1.165, 1.54) is 12.1 Å². The fraction of sp³-hybridized carbons (Fsp3) is 0.538. The molecule has 0 spiro atoms. The zero-order chi connectivity index (χ0) is 11.5. The van der Waals surface area contributed by atoms with Crippen molar-refractivity contribution in [1.29, 1.82) is 0 Å². The molecule has 88 valence electrons. The average molecular weight is 224 g/mol. The van der Waals surface area contributed by atoms with Crippen molar-refractivity contribution in [3.63, 3.8) is 0 Å². The van der Waals surface area contributed by atoms with E-state index >= 15 is 0 Å². The van der Waals surface area contributed by atoms with Gasteiger partial charge >= 0.3 is 0 Å². The molecule has 1 fully saturated rings. The number of benzene rings is 1. The first-order valence-electron chi connectivity index (χ1n) is 5.74. The molecule has 3 heteroatoms. The summed E-state index contributed by atoms with van der Waals surface area (Å²) >= 11 is 0. The van der Waals surface area contributed by atoms with Crippen molar-refractivity contribution in [2.24, 2.45) is 0 Å². The first kappa shape index (κ1) is 11.6. The quantitative estimate of drug-likeness (QED) is 0.837. The lowest BCUT2D eigenvalue weighted by molar-refractivity contribution is -0.0636. The number of ether oxygens (including phenoxy) is 1. The Kier molecular flexibility index (Phi) is 3.56. The maximum absolute atomic E-state index is 13.1. The molecule has 0 bridgehead atoms. The van der Waals surface area contributed by atoms with Crippen LogP contribution in [0.15, 0.2) is 18.2 Å². The smallest absolute Gasteiger partial charge is 0.123 e. The summed E-state index contributed by atoms with van der Waals surface area (Å²) < 4.78 is 18.6. The van der Waals surface area contributed by atoms with Crippen LogP contribution in [0.1, 0.15) is 36.5 Å². The van der Waals surface area contributed by atoms with E-state index in [-0.39, 0.29) is 11.9 Å². The van der Waals surface area contributed by atoms with Gasteiger partial charge in [-0.1, -0.05) is 6.07 Å². The molecule has 1 aromatic rings. The summed E-state index contributed by atoms with van der Waals surface area (Å²) in [7, 11) is 0. The Morgan fingerprint density at radius 1 is 1.44 bits per heavy atom. The maximum Gasteiger partial charge on any atom is 0.123 e. The van der Waals surface area contributed by atoms with Crippen LogP contribution in [0.25, 0.3) is 0 Å². The standard InChI is InChI=1S/C13H17FO2/c1-9-5-6-10(14)8-11(9)13(15)12-4-2-3-7-16-12/h5-6,8,12-13,15H,2-4,7H2,1H3. The Morgan fingerprint density at radius 3 is 2.94 bits per heavy atom. The van der Waals surface area contributed by atoms with Gasteiger partial charge in [0.15, 0.2) is 0 Å². The van der Waals surface area contributed by atoms with Crippen LogP contribution in [0.2, 0.25) is 0 Å². The number of aliphatic hydroxyl groups excluding tert-OH is 1. The Labute approximate surface area is 95.1 Å². The van der Waals surface area contributed by atoms with E-state index in [0.717, 1.165) is 24.8 Å². The van der Waals surface area contributed by atoms with Gasteiger partial charge in [0.05, 0.1) is 6.10 Å². The van der Waals surface area contributed by atoms with Crippen LogP contribution in [-0.2, 0) is 4.74 Å². The highest BCUT2D eigenvalue weighted by Crippen LogP contribution is 2.28. The summed E-state index contributed by atoms with van der Waals surface area (Å²) in [5.41, 5.74) is 1.55. The molecule has 2 nitrogen and oxygen atoms in total. The number of aryl methyl sites for hydroxylation is 1. The van der Waals surface area contributed by atoms with Gasteiger partial charge in [0, 0.05) is 6.61 Å². The molecule has 2 unspecified atom stereocenters. The minimum atomic E-state index is -0.712. The van der Waals surface area contributed by atoms with Crippen molar-refractivity contribution in [3.05, 3.63) is 35.1 Å². The minimum Gasteiger partial charge on any atom is -0.386 e. The molecule has 0 radical (unpaired) electrons. The third kappa shape index (κ3) is 2.42. The molecular weight excluding hydrogens is 207 g/mol. The zero-order valence-corrected chi connectivity index (χ0v) is 9.45. The molecule has 2 atom stereocenters. The van der Waals surface area contributed by atoms with Gasteiger partial charge in [-0.15, -0.1) is 0 Å². The molecule has 0 saturated carbocycles. The zero-order valence-electron chi connectivity index (χ0n) is 9.45. The van der Waals surface area contributed by atoms with Crippen molar-refractivity contribution >= 4 is 0 Å². The Bertz CT molecular complexity index is 359. The van der Waals surface area contributed by atoms with Crippen molar-refractivity contribution < 1.29 is 14.2 Å².